The average Bonchev–Trinajstić information content (AvgIpc) is 2.76. The normalized spacial score (nSPS) is 13.0. The third-order valence-electron chi connectivity index (χ3n) is 5.62. The summed E-state index contributed by atoms with van der Waals surface area (Å²) in [5.74, 6) is -1.44. The van der Waals surface area contributed by atoms with E-state index < -0.39 is 28.9 Å². The molecule has 1 rings (SSSR count). The van der Waals surface area contributed by atoms with E-state index in [1.807, 2.05) is 58.2 Å². The summed E-state index contributed by atoms with van der Waals surface area (Å²) in [4.78, 5) is 40.8. The lowest BCUT2D eigenvalue weighted by Gasteiger charge is -2.32. The highest BCUT2D eigenvalue weighted by Gasteiger charge is 2.26. The van der Waals surface area contributed by atoms with Gasteiger partial charge in [-0.25, -0.2) is 4.79 Å². The molecule has 2 amide bonds. The Balaban J connectivity index is 2.52. The number of aliphatic carboxylic acids is 1. The number of carboxylic acids is 1. The molecule has 9 nitrogen and oxygen atoms in total. The van der Waals surface area contributed by atoms with Crippen LogP contribution in [0.5, 0.6) is 5.75 Å². The second-order valence-electron chi connectivity index (χ2n) is 12.4. The Morgan fingerprint density at radius 1 is 0.949 bits per heavy atom. The van der Waals surface area contributed by atoms with Gasteiger partial charge in [-0.2, -0.15) is 0 Å². The van der Waals surface area contributed by atoms with Gasteiger partial charge in [0.05, 0.1) is 24.6 Å². The summed E-state index contributed by atoms with van der Waals surface area (Å²) in [6.07, 6.45) is 4.02. The maximum absolute atomic E-state index is 12.6. The van der Waals surface area contributed by atoms with E-state index >= 15 is 0 Å². The minimum absolute atomic E-state index is 0.140. The minimum atomic E-state index is -1.29. The molecule has 0 radical (unpaired) electrons. The van der Waals surface area contributed by atoms with Crippen LogP contribution in [-0.4, -0.2) is 64.9 Å². The highest BCUT2D eigenvalue weighted by molar-refractivity contribution is 6.01. The van der Waals surface area contributed by atoms with E-state index in [-0.39, 0.29) is 23.6 Å². The number of carboxylic acid groups (broad SMARTS) is 1. The molecule has 0 heterocycles. The van der Waals surface area contributed by atoms with Crippen molar-refractivity contribution in [3.63, 3.8) is 0 Å². The molecule has 0 atom stereocenters. The Labute approximate surface area is 233 Å². The number of nitrogens with one attached hydrogen (secondary N) is 3. The molecular weight excluding hydrogens is 496 g/mol. The first-order chi connectivity index (χ1) is 17.9. The van der Waals surface area contributed by atoms with Gasteiger partial charge in [0.15, 0.2) is 0 Å². The van der Waals surface area contributed by atoms with Crippen LogP contribution in [0.3, 0.4) is 0 Å². The monoisotopic (exact) mass is 544 g/mol. The van der Waals surface area contributed by atoms with Crippen LogP contribution >= 0.6 is 0 Å². The van der Waals surface area contributed by atoms with Gasteiger partial charge in [0.1, 0.15) is 5.75 Å². The van der Waals surface area contributed by atoms with E-state index in [0.29, 0.717) is 19.5 Å². The second-order valence-corrected chi connectivity index (χ2v) is 12.4. The standard InChI is InChI=1S/C30H48N4O5/c1-21(2)39-24-12-10-22(11-13-24)20-31-16-17-32-29(6,7)14-15-30(8,9)34-26(36)19-23(27(37)38)18-25(35)33-28(3,4)5/h10-13,18,20-21,32H,14-17,19H2,1-9H3,(H,33,35)(H,34,36)(H,37,38)/b23-18-,31-20+. The van der Waals surface area contributed by atoms with Gasteiger partial charge in [0.2, 0.25) is 11.8 Å². The Morgan fingerprint density at radius 3 is 2.08 bits per heavy atom. The number of benzene rings is 1. The lowest BCUT2D eigenvalue weighted by atomic mass is 9.89. The van der Waals surface area contributed by atoms with Crippen LogP contribution < -0.4 is 20.7 Å². The third-order valence-corrected chi connectivity index (χ3v) is 5.62. The van der Waals surface area contributed by atoms with Crippen molar-refractivity contribution in [3.05, 3.63) is 41.5 Å². The number of carbonyl (C=O) groups is 3. The first kappa shape index (κ1) is 33.8. The quantitative estimate of drug-likeness (QED) is 0.148. The predicted octanol–water partition coefficient (Wildman–Crippen LogP) is 4.25. The zero-order chi connectivity index (χ0) is 29.9. The average molecular weight is 545 g/mol. The summed E-state index contributed by atoms with van der Waals surface area (Å²) >= 11 is 0. The highest BCUT2D eigenvalue weighted by Crippen LogP contribution is 2.20. The van der Waals surface area contributed by atoms with Crippen LogP contribution in [0.2, 0.25) is 0 Å². The van der Waals surface area contributed by atoms with E-state index in [1.165, 1.54) is 0 Å². The molecule has 0 saturated carbocycles. The fourth-order valence-corrected chi connectivity index (χ4v) is 3.66. The van der Waals surface area contributed by atoms with E-state index in [1.54, 1.807) is 20.8 Å². The Hall–Kier alpha value is -3.20. The van der Waals surface area contributed by atoms with Gasteiger partial charge in [0.25, 0.3) is 0 Å². The van der Waals surface area contributed by atoms with Crippen LogP contribution in [0.25, 0.3) is 0 Å². The fraction of sp³-hybridized carbons (Fsp3) is 0.600. The van der Waals surface area contributed by atoms with Crippen LogP contribution in [0.1, 0.15) is 87.1 Å². The Bertz CT molecular complexity index is 1020. The molecule has 0 bridgehead atoms. The Kier molecular flexibility index (Phi) is 12.9. The number of hydrogen-bond acceptors (Lipinski definition) is 6. The van der Waals surface area contributed by atoms with Gasteiger partial charge in [-0.15, -0.1) is 0 Å². The van der Waals surface area contributed by atoms with Crippen molar-refractivity contribution in [2.24, 2.45) is 4.99 Å². The van der Waals surface area contributed by atoms with Crippen molar-refractivity contribution >= 4 is 24.0 Å². The van der Waals surface area contributed by atoms with Crippen LogP contribution in [0, 0.1) is 0 Å². The molecule has 0 aliphatic carbocycles. The molecule has 9 heteroatoms. The molecule has 218 valence electrons. The van der Waals surface area contributed by atoms with Crippen molar-refractivity contribution in [1.29, 1.82) is 0 Å². The number of amides is 2. The van der Waals surface area contributed by atoms with E-state index in [4.69, 9.17) is 4.74 Å². The number of aliphatic imine (C=N–C) groups is 1. The van der Waals surface area contributed by atoms with Gasteiger partial charge in [0, 0.05) is 35.5 Å². The minimum Gasteiger partial charge on any atom is -0.491 e. The number of carbonyl (C=O) groups excluding carboxylic acids is 2. The summed E-state index contributed by atoms with van der Waals surface area (Å²) in [5, 5.41) is 18.5. The summed E-state index contributed by atoms with van der Waals surface area (Å²) in [5.41, 5.74) is -0.503. The molecule has 0 fully saturated rings. The van der Waals surface area contributed by atoms with Crippen molar-refractivity contribution in [2.45, 2.75) is 104 Å². The Morgan fingerprint density at radius 2 is 1.54 bits per heavy atom. The summed E-state index contributed by atoms with van der Waals surface area (Å²) in [7, 11) is 0. The van der Waals surface area contributed by atoms with Crippen molar-refractivity contribution < 1.29 is 24.2 Å². The molecule has 0 aliphatic rings. The first-order valence-corrected chi connectivity index (χ1v) is 13.5. The molecule has 0 saturated heterocycles. The van der Waals surface area contributed by atoms with Gasteiger partial charge >= 0.3 is 5.97 Å². The molecule has 39 heavy (non-hydrogen) atoms. The van der Waals surface area contributed by atoms with Crippen molar-refractivity contribution in [1.82, 2.24) is 16.0 Å². The maximum Gasteiger partial charge on any atom is 0.332 e. The number of rotatable bonds is 15. The lowest BCUT2D eigenvalue weighted by Crippen LogP contribution is -2.47. The number of ether oxygens (including phenoxy) is 1. The van der Waals surface area contributed by atoms with Gasteiger partial charge in [-0.1, -0.05) is 0 Å². The second kappa shape index (κ2) is 14.8. The summed E-state index contributed by atoms with van der Waals surface area (Å²) in [6.45, 7) is 18.7. The van der Waals surface area contributed by atoms with Crippen LogP contribution in [0.15, 0.2) is 40.9 Å². The largest absolute Gasteiger partial charge is 0.491 e. The van der Waals surface area contributed by atoms with Gasteiger partial charge in [-0.3, -0.25) is 14.6 Å². The highest BCUT2D eigenvalue weighted by atomic mass is 16.5. The summed E-state index contributed by atoms with van der Waals surface area (Å²) in [6, 6.07) is 7.83. The molecule has 1 aromatic carbocycles. The summed E-state index contributed by atoms with van der Waals surface area (Å²) < 4.78 is 5.65. The fourth-order valence-electron chi connectivity index (χ4n) is 3.66. The van der Waals surface area contributed by atoms with E-state index in [0.717, 1.165) is 23.8 Å². The topological polar surface area (TPSA) is 129 Å². The van der Waals surface area contributed by atoms with Crippen LogP contribution in [0.4, 0.5) is 0 Å². The van der Waals surface area contributed by atoms with Gasteiger partial charge in [-0.05, 0) is 105 Å². The number of hydrogen-bond donors (Lipinski definition) is 4. The van der Waals surface area contributed by atoms with E-state index in [2.05, 4.69) is 34.8 Å². The smallest absolute Gasteiger partial charge is 0.332 e. The SMILES string of the molecule is CC(C)Oc1ccc(/C=N/CCNC(C)(C)CCC(C)(C)NC(=O)C/C(=C/C(=O)NC(C)(C)C)C(=O)O)cc1. The predicted molar refractivity (Wildman–Crippen MR) is 156 cm³/mol. The maximum atomic E-state index is 12.6. The zero-order valence-electron chi connectivity index (χ0n) is 25.1. The molecule has 0 aromatic heterocycles. The molecule has 4 N–H and O–H groups in total. The molecule has 0 unspecified atom stereocenters. The molecule has 1 aromatic rings. The number of nitrogens with zero attached hydrogens (tertiary/aromatic N) is 1. The van der Waals surface area contributed by atoms with Gasteiger partial charge < -0.3 is 25.8 Å². The third kappa shape index (κ3) is 15.7. The first-order valence-electron chi connectivity index (χ1n) is 13.5. The molecule has 0 spiro atoms. The van der Waals surface area contributed by atoms with E-state index in [9.17, 15) is 19.5 Å². The molecule has 0 aliphatic heterocycles. The van der Waals surface area contributed by atoms with Crippen molar-refractivity contribution in [3.8, 4) is 5.75 Å². The van der Waals surface area contributed by atoms with Crippen molar-refractivity contribution in [2.75, 3.05) is 13.1 Å². The van der Waals surface area contributed by atoms with Crippen LogP contribution in [-0.2, 0) is 14.4 Å². The zero-order valence-corrected chi connectivity index (χ0v) is 25.1. The lowest BCUT2D eigenvalue weighted by molar-refractivity contribution is -0.134. The molecular formula is C30H48N4O5.